The summed E-state index contributed by atoms with van der Waals surface area (Å²) >= 11 is 1.02. The van der Waals surface area contributed by atoms with Crippen molar-refractivity contribution < 1.29 is 23.6 Å². The zero-order chi connectivity index (χ0) is 18.2. The molecule has 1 aromatic carbocycles. The van der Waals surface area contributed by atoms with Crippen LogP contribution in [0.3, 0.4) is 0 Å². The van der Waals surface area contributed by atoms with Crippen LogP contribution in [0.4, 0.5) is 10.1 Å². The Bertz CT molecular complexity index is 664. The van der Waals surface area contributed by atoms with Gasteiger partial charge in [-0.05, 0) is 37.1 Å². The molecule has 1 fully saturated rings. The molecule has 0 aromatic heterocycles. The zero-order valence-electron chi connectivity index (χ0n) is 13.1. The quantitative estimate of drug-likeness (QED) is 0.414. The molecule has 25 heavy (non-hydrogen) atoms. The fourth-order valence-electron chi connectivity index (χ4n) is 1.66. The summed E-state index contributed by atoms with van der Waals surface area (Å²) in [5, 5.41) is 5.03. The van der Waals surface area contributed by atoms with Gasteiger partial charge in [-0.2, -0.15) is 0 Å². The average Bonchev–Trinajstić information content (AvgIpc) is 3.38. The Morgan fingerprint density at radius 2 is 1.60 bits per heavy atom. The Hall–Kier alpha value is -2.62. The second kappa shape index (κ2) is 9.02. The molecule has 2 rings (SSSR count). The normalized spacial score (nSPS) is 12.8. The van der Waals surface area contributed by atoms with Gasteiger partial charge >= 0.3 is 11.8 Å². The third kappa shape index (κ3) is 7.21. The first-order valence-corrected chi connectivity index (χ1v) is 8.62. The van der Waals surface area contributed by atoms with Crippen LogP contribution in [0, 0.1) is 5.82 Å². The number of halogens is 1. The van der Waals surface area contributed by atoms with Gasteiger partial charge < -0.3 is 10.6 Å². The highest BCUT2D eigenvalue weighted by Crippen LogP contribution is 2.18. The lowest BCUT2D eigenvalue weighted by molar-refractivity contribution is -0.140. The Labute approximate surface area is 147 Å². The van der Waals surface area contributed by atoms with E-state index in [-0.39, 0.29) is 23.5 Å². The number of benzene rings is 1. The molecule has 4 N–H and O–H groups in total. The first kappa shape index (κ1) is 18.7. The Balaban J connectivity index is 1.57. The summed E-state index contributed by atoms with van der Waals surface area (Å²) in [7, 11) is 0. The summed E-state index contributed by atoms with van der Waals surface area (Å²) in [6, 6.07) is 5.33. The van der Waals surface area contributed by atoms with Crippen LogP contribution in [0.1, 0.15) is 12.8 Å². The first-order chi connectivity index (χ1) is 11.9. The van der Waals surface area contributed by atoms with Crippen molar-refractivity contribution in [3.05, 3.63) is 30.1 Å². The third-order valence-corrected chi connectivity index (χ3v) is 3.96. The molecule has 0 atom stereocenters. The van der Waals surface area contributed by atoms with Gasteiger partial charge in [-0.1, -0.05) is 0 Å². The summed E-state index contributed by atoms with van der Waals surface area (Å²) < 4.78 is 12.7. The van der Waals surface area contributed by atoms with E-state index in [1.165, 1.54) is 24.3 Å². The number of nitrogens with one attached hydrogen (secondary N) is 4. The average molecular weight is 368 g/mol. The minimum Gasteiger partial charge on any atom is -0.345 e. The van der Waals surface area contributed by atoms with Gasteiger partial charge in [0.1, 0.15) is 5.82 Å². The van der Waals surface area contributed by atoms with E-state index < -0.39 is 23.5 Å². The molecule has 0 unspecified atom stereocenters. The second-order valence-corrected chi connectivity index (χ2v) is 6.28. The molecule has 1 aromatic rings. The third-order valence-electron chi connectivity index (χ3n) is 3.03. The summed E-state index contributed by atoms with van der Waals surface area (Å²) in [6.45, 7) is 0. The van der Waals surface area contributed by atoms with Crippen molar-refractivity contribution in [2.24, 2.45) is 0 Å². The summed E-state index contributed by atoms with van der Waals surface area (Å²) in [5.74, 6) is -3.13. The van der Waals surface area contributed by atoms with Crippen molar-refractivity contribution in [3.63, 3.8) is 0 Å². The van der Waals surface area contributed by atoms with Crippen LogP contribution in [-0.2, 0) is 19.2 Å². The number of amides is 4. The van der Waals surface area contributed by atoms with Crippen molar-refractivity contribution in [1.29, 1.82) is 0 Å². The molecule has 0 radical (unpaired) electrons. The van der Waals surface area contributed by atoms with Crippen LogP contribution in [0.25, 0.3) is 0 Å². The predicted molar refractivity (Wildman–Crippen MR) is 89.8 cm³/mol. The molecule has 8 nitrogen and oxygen atoms in total. The summed E-state index contributed by atoms with van der Waals surface area (Å²) in [4.78, 5) is 45.9. The van der Waals surface area contributed by atoms with E-state index in [4.69, 9.17) is 0 Å². The Kier molecular flexibility index (Phi) is 6.75. The number of anilines is 1. The van der Waals surface area contributed by atoms with Gasteiger partial charge in [0.05, 0.1) is 11.5 Å². The molecule has 0 bridgehead atoms. The molecular weight excluding hydrogens is 351 g/mol. The van der Waals surface area contributed by atoms with Crippen LogP contribution >= 0.6 is 11.8 Å². The highest BCUT2D eigenvalue weighted by atomic mass is 32.2. The van der Waals surface area contributed by atoms with Gasteiger partial charge in [-0.25, -0.2) is 4.39 Å². The van der Waals surface area contributed by atoms with Crippen LogP contribution < -0.4 is 21.5 Å². The maximum Gasteiger partial charge on any atom is 0.327 e. The van der Waals surface area contributed by atoms with E-state index in [9.17, 15) is 23.6 Å². The maximum atomic E-state index is 12.7. The smallest absolute Gasteiger partial charge is 0.327 e. The minimum atomic E-state index is -0.945. The molecule has 0 saturated heterocycles. The number of thioether (sulfide) groups is 1. The molecular formula is C15H17FN4O4S. The van der Waals surface area contributed by atoms with Crippen molar-refractivity contribution in [2.75, 3.05) is 16.8 Å². The van der Waals surface area contributed by atoms with Gasteiger partial charge in [0, 0.05) is 11.7 Å². The highest BCUT2D eigenvalue weighted by molar-refractivity contribution is 8.00. The van der Waals surface area contributed by atoms with Gasteiger partial charge in [0.2, 0.25) is 11.8 Å². The van der Waals surface area contributed by atoms with E-state index in [1.54, 1.807) is 0 Å². The van der Waals surface area contributed by atoms with Crippen molar-refractivity contribution in [3.8, 4) is 0 Å². The minimum absolute atomic E-state index is 0.000902. The van der Waals surface area contributed by atoms with E-state index in [0.29, 0.717) is 5.69 Å². The molecule has 134 valence electrons. The molecule has 1 aliphatic rings. The number of carbonyl (C=O) groups is 4. The number of rotatable bonds is 6. The fraction of sp³-hybridized carbons (Fsp3) is 0.333. The fourth-order valence-corrected chi connectivity index (χ4v) is 2.28. The number of hydrogen-bond donors (Lipinski definition) is 4. The Morgan fingerprint density at radius 3 is 2.24 bits per heavy atom. The van der Waals surface area contributed by atoms with Crippen LogP contribution in [-0.4, -0.2) is 41.2 Å². The molecule has 1 saturated carbocycles. The van der Waals surface area contributed by atoms with Crippen LogP contribution in [0.15, 0.2) is 24.3 Å². The van der Waals surface area contributed by atoms with Crippen molar-refractivity contribution in [1.82, 2.24) is 16.2 Å². The molecule has 10 heteroatoms. The second-order valence-electron chi connectivity index (χ2n) is 5.30. The van der Waals surface area contributed by atoms with Gasteiger partial charge in [0.25, 0.3) is 0 Å². The summed E-state index contributed by atoms with van der Waals surface area (Å²) in [6.07, 6.45) is 1.70. The van der Waals surface area contributed by atoms with Crippen LogP contribution in [0.2, 0.25) is 0 Å². The molecule has 1 aliphatic carbocycles. The molecule has 0 aliphatic heterocycles. The largest absolute Gasteiger partial charge is 0.345 e. The predicted octanol–water partition coefficient (Wildman–Crippen LogP) is -0.0766. The van der Waals surface area contributed by atoms with Crippen LogP contribution in [0.5, 0.6) is 0 Å². The van der Waals surface area contributed by atoms with Crippen molar-refractivity contribution >= 4 is 41.1 Å². The lowest BCUT2D eigenvalue weighted by Gasteiger charge is -2.07. The van der Waals surface area contributed by atoms with Gasteiger partial charge in [0.15, 0.2) is 0 Å². The number of hydrogen-bond acceptors (Lipinski definition) is 5. The summed E-state index contributed by atoms with van der Waals surface area (Å²) in [5.41, 5.74) is 4.54. The Morgan fingerprint density at radius 1 is 0.960 bits per heavy atom. The standard InChI is InChI=1S/C15H17FN4O4S/c16-9-1-3-10(4-2-9)17-12(21)7-25-8-13(22)19-20-15(24)14(23)18-11-5-6-11/h1-4,11H,5-8H2,(H,17,21)(H,18,23)(H,19,22)(H,20,24). The van der Waals surface area contributed by atoms with Crippen molar-refractivity contribution in [2.45, 2.75) is 18.9 Å². The van der Waals surface area contributed by atoms with Gasteiger partial charge in [-0.3, -0.25) is 30.0 Å². The van der Waals surface area contributed by atoms with E-state index in [1.807, 2.05) is 5.43 Å². The molecule has 0 heterocycles. The number of hydrazine groups is 1. The zero-order valence-corrected chi connectivity index (χ0v) is 14.0. The lowest BCUT2D eigenvalue weighted by atomic mass is 10.3. The lowest BCUT2D eigenvalue weighted by Crippen LogP contribution is -2.49. The molecule has 4 amide bonds. The monoisotopic (exact) mass is 368 g/mol. The van der Waals surface area contributed by atoms with E-state index in [2.05, 4.69) is 16.1 Å². The van der Waals surface area contributed by atoms with E-state index >= 15 is 0 Å². The van der Waals surface area contributed by atoms with Gasteiger partial charge in [-0.15, -0.1) is 11.8 Å². The first-order valence-electron chi connectivity index (χ1n) is 7.47. The van der Waals surface area contributed by atoms with E-state index in [0.717, 1.165) is 24.6 Å². The maximum absolute atomic E-state index is 12.7. The SMILES string of the molecule is O=C(CSCC(=O)Nc1ccc(F)cc1)NNC(=O)C(=O)NC1CC1. The topological polar surface area (TPSA) is 116 Å². The number of carbonyl (C=O) groups excluding carboxylic acids is 4. The highest BCUT2D eigenvalue weighted by Gasteiger charge is 2.26. The molecule has 0 spiro atoms.